The van der Waals surface area contributed by atoms with Crippen LogP contribution in [0, 0.1) is 6.92 Å². The number of nitrogens with one attached hydrogen (secondary N) is 1. The molecule has 0 bridgehead atoms. The molecule has 1 atom stereocenters. The number of carbonyl (C=O) groups excluding carboxylic acids is 1. The molecule has 1 unspecified atom stereocenters. The lowest BCUT2D eigenvalue weighted by Crippen LogP contribution is -2.32. The standard InChI is InChI=1S/C26H25NO6S2/c1-4-8-24(34(29,30)22-17-11-19(2)12-18-22)25(20-13-15-21(16-14-20)26(28)33-3)27-35(31,32)23-9-6-5-7-10-23/h4-18,25,27H,1H2,2-3H3/b24-8+. The number of allylic oxidation sites excluding steroid dienone is 2. The molecule has 0 aliphatic carbocycles. The number of methoxy groups -OCH3 is 1. The van der Waals surface area contributed by atoms with E-state index in [0.29, 0.717) is 5.56 Å². The van der Waals surface area contributed by atoms with Crippen molar-refractivity contribution in [2.75, 3.05) is 7.11 Å². The predicted molar refractivity (Wildman–Crippen MR) is 134 cm³/mol. The normalized spacial score (nSPS) is 13.1. The zero-order chi connectivity index (χ0) is 25.6. The Morgan fingerprint density at radius 3 is 2.03 bits per heavy atom. The maximum Gasteiger partial charge on any atom is 0.337 e. The van der Waals surface area contributed by atoms with E-state index in [-0.39, 0.29) is 20.3 Å². The summed E-state index contributed by atoms with van der Waals surface area (Å²) in [5.41, 5.74) is 1.41. The third-order valence-electron chi connectivity index (χ3n) is 5.20. The van der Waals surface area contributed by atoms with Crippen molar-refractivity contribution in [3.8, 4) is 0 Å². The van der Waals surface area contributed by atoms with Crippen LogP contribution in [0.15, 0.2) is 112 Å². The van der Waals surface area contributed by atoms with Crippen molar-refractivity contribution in [3.63, 3.8) is 0 Å². The van der Waals surface area contributed by atoms with Crippen LogP contribution < -0.4 is 4.72 Å². The van der Waals surface area contributed by atoms with Gasteiger partial charge in [-0.05, 0) is 55.0 Å². The maximum atomic E-state index is 13.7. The molecule has 0 saturated carbocycles. The van der Waals surface area contributed by atoms with E-state index < -0.39 is 31.9 Å². The zero-order valence-corrected chi connectivity index (χ0v) is 20.8. The number of carbonyl (C=O) groups is 1. The molecule has 0 aromatic heterocycles. The Labute approximate surface area is 205 Å². The highest BCUT2D eigenvalue weighted by molar-refractivity contribution is 7.95. The van der Waals surface area contributed by atoms with Crippen LogP contribution in [0.5, 0.6) is 0 Å². The molecule has 35 heavy (non-hydrogen) atoms. The average molecular weight is 512 g/mol. The molecular weight excluding hydrogens is 486 g/mol. The summed E-state index contributed by atoms with van der Waals surface area (Å²) >= 11 is 0. The molecule has 0 amide bonds. The number of benzene rings is 3. The third-order valence-corrected chi connectivity index (χ3v) is 8.52. The maximum absolute atomic E-state index is 13.7. The Hall–Kier alpha value is -3.53. The van der Waals surface area contributed by atoms with E-state index in [1.165, 1.54) is 67.8 Å². The van der Waals surface area contributed by atoms with Crippen molar-refractivity contribution in [2.24, 2.45) is 0 Å². The summed E-state index contributed by atoms with van der Waals surface area (Å²) in [4.78, 5) is 11.6. The highest BCUT2D eigenvalue weighted by Crippen LogP contribution is 2.33. The van der Waals surface area contributed by atoms with E-state index in [1.54, 1.807) is 30.3 Å². The van der Waals surface area contributed by atoms with Gasteiger partial charge < -0.3 is 4.74 Å². The molecule has 7 nitrogen and oxygen atoms in total. The van der Waals surface area contributed by atoms with Crippen LogP contribution in [-0.2, 0) is 24.6 Å². The van der Waals surface area contributed by atoms with E-state index in [4.69, 9.17) is 4.74 Å². The van der Waals surface area contributed by atoms with Crippen molar-refractivity contribution >= 4 is 25.8 Å². The van der Waals surface area contributed by atoms with Gasteiger partial charge in [0.15, 0.2) is 0 Å². The topological polar surface area (TPSA) is 107 Å². The number of esters is 1. The number of aryl methyl sites for hydroxylation is 1. The second-order valence-electron chi connectivity index (χ2n) is 7.60. The Kier molecular flexibility index (Phi) is 8.06. The minimum absolute atomic E-state index is 0.00582. The molecule has 1 N–H and O–H groups in total. The van der Waals surface area contributed by atoms with Crippen LogP contribution in [0.2, 0.25) is 0 Å². The predicted octanol–water partition coefficient (Wildman–Crippen LogP) is 4.35. The van der Waals surface area contributed by atoms with Gasteiger partial charge in [0.25, 0.3) is 0 Å². The number of ether oxygens (including phenoxy) is 1. The molecule has 0 saturated heterocycles. The Bertz CT molecular complexity index is 1440. The lowest BCUT2D eigenvalue weighted by atomic mass is 10.0. The van der Waals surface area contributed by atoms with Gasteiger partial charge in [0.2, 0.25) is 19.9 Å². The summed E-state index contributed by atoms with van der Waals surface area (Å²) in [6.07, 6.45) is 2.55. The van der Waals surface area contributed by atoms with Gasteiger partial charge in [-0.3, -0.25) is 0 Å². The van der Waals surface area contributed by atoms with E-state index in [9.17, 15) is 21.6 Å². The van der Waals surface area contributed by atoms with E-state index in [2.05, 4.69) is 11.3 Å². The Balaban J connectivity index is 2.18. The minimum atomic E-state index is -4.14. The lowest BCUT2D eigenvalue weighted by Gasteiger charge is -2.23. The van der Waals surface area contributed by atoms with Crippen molar-refractivity contribution in [1.82, 2.24) is 4.72 Å². The molecule has 0 heterocycles. The number of rotatable bonds is 9. The molecule has 3 aromatic carbocycles. The molecule has 0 spiro atoms. The largest absolute Gasteiger partial charge is 0.465 e. The van der Waals surface area contributed by atoms with E-state index >= 15 is 0 Å². The van der Waals surface area contributed by atoms with Crippen LogP contribution in [-0.4, -0.2) is 29.9 Å². The van der Waals surface area contributed by atoms with Gasteiger partial charge in [-0.25, -0.2) is 21.6 Å². The molecule has 182 valence electrons. The summed E-state index contributed by atoms with van der Waals surface area (Å²) in [6, 6.07) is 18.4. The van der Waals surface area contributed by atoms with E-state index in [0.717, 1.165) is 5.56 Å². The molecule has 3 aromatic rings. The van der Waals surface area contributed by atoms with Crippen molar-refractivity contribution in [1.29, 1.82) is 0 Å². The first-order valence-corrected chi connectivity index (χ1v) is 13.5. The lowest BCUT2D eigenvalue weighted by molar-refractivity contribution is 0.0600. The van der Waals surface area contributed by atoms with Gasteiger partial charge in [-0.2, -0.15) is 4.72 Å². The molecule has 0 aliphatic heterocycles. The number of hydrogen-bond donors (Lipinski definition) is 1. The summed E-state index contributed by atoms with van der Waals surface area (Å²) < 4.78 is 61.0. The molecule has 0 radical (unpaired) electrons. The minimum Gasteiger partial charge on any atom is -0.465 e. The van der Waals surface area contributed by atoms with Gasteiger partial charge >= 0.3 is 5.97 Å². The van der Waals surface area contributed by atoms with Gasteiger partial charge in [0.1, 0.15) is 0 Å². The molecule has 3 rings (SSSR count). The number of hydrogen-bond acceptors (Lipinski definition) is 6. The quantitative estimate of drug-likeness (QED) is 0.338. The fraction of sp³-hybridized carbons (Fsp3) is 0.115. The SMILES string of the molecule is C=C/C=C(\C(NS(=O)(=O)c1ccccc1)c1ccc(C(=O)OC)cc1)S(=O)(=O)c1ccc(C)cc1. The zero-order valence-electron chi connectivity index (χ0n) is 19.2. The third kappa shape index (κ3) is 5.94. The number of sulfonamides is 1. The summed E-state index contributed by atoms with van der Waals surface area (Å²) in [7, 11) is -7.03. The van der Waals surface area contributed by atoms with Crippen LogP contribution >= 0.6 is 0 Å². The first-order chi connectivity index (χ1) is 16.6. The second kappa shape index (κ2) is 10.8. The van der Waals surface area contributed by atoms with Crippen molar-refractivity contribution in [3.05, 3.63) is 119 Å². The highest BCUT2D eigenvalue weighted by Gasteiger charge is 2.32. The van der Waals surface area contributed by atoms with Gasteiger partial charge in [-0.1, -0.05) is 60.7 Å². The molecule has 0 fully saturated rings. The highest BCUT2D eigenvalue weighted by atomic mass is 32.2. The average Bonchev–Trinajstić information content (AvgIpc) is 2.86. The van der Waals surface area contributed by atoms with Gasteiger partial charge in [0.05, 0.1) is 33.4 Å². The Morgan fingerprint density at radius 2 is 1.49 bits per heavy atom. The molecule has 0 aliphatic rings. The van der Waals surface area contributed by atoms with Crippen LogP contribution in [0.1, 0.15) is 27.5 Å². The summed E-state index contributed by atoms with van der Waals surface area (Å²) in [5.74, 6) is -0.577. The molecular formula is C26H25NO6S2. The van der Waals surface area contributed by atoms with Crippen molar-refractivity contribution in [2.45, 2.75) is 22.8 Å². The van der Waals surface area contributed by atoms with Gasteiger partial charge in [-0.15, -0.1) is 0 Å². The second-order valence-corrected chi connectivity index (χ2v) is 11.3. The van der Waals surface area contributed by atoms with Crippen LogP contribution in [0.25, 0.3) is 0 Å². The van der Waals surface area contributed by atoms with E-state index in [1.807, 2.05) is 6.92 Å². The van der Waals surface area contributed by atoms with Crippen molar-refractivity contribution < 1.29 is 26.4 Å². The number of sulfone groups is 1. The molecule has 9 heteroatoms. The summed E-state index contributed by atoms with van der Waals surface area (Å²) in [5, 5.41) is 0. The first-order valence-electron chi connectivity index (χ1n) is 10.5. The first kappa shape index (κ1) is 26.1. The fourth-order valence-electron chi connectivity index (χ4n) is 3.35. The monoisotopic (exact) mass is 511 g/mol. The smallest absolute Gasteiger partial charge is 0.337 e. The fourth-order valence-corrected chi connectivity index (χ4v) is 6.20. The van der Waals surface area contributed by atoms with Crippen LogP contribution in [0.4, 0.5) is 0 Å². The summed E-state index contributed by atoms with van der Waals surface area (Å²) in [6.45, 7) is 5.45. The van der Waals surface area contributed by atoms with Crippen LogP contribution in [0.3, 0.4) is 0 Å². The Morgan fingerprint density at radius 1 is 0.886 bits per heavy atom. The van der Waals surface area contributed by atoms with Gasteiger partial charge in [0, 0.05) is 0 Å².